The molecule has 32 heavy (non-hydrogen) atoms. The third-order valence-electron chi connectivity index (χ3n) is 4.45. The van der Waals surface area contributed by atoms with Crippen LogP contribution in [0.5, 0.6) is 17.2 Å². The van der Waals surface area contributed by atoms with Gasteiger partial charge < -0.3 is 19.5 Å². The van der Waals surface area contributed by atoms with Crippen molar-refractivity contribution >= 4 is 11.6 Å². The Morgan fingerprint density at radius 2 is 1.78 bits per heavy atom. The van der Waals surface area contributed by atoms with Gasteiger partial charge in [-0.05, 0) is 35.9 Å². The largest absolute Gasteiger partial charge is 0.493 e. The Morgan fingerprint density at radius 1 is 1.03 bits per heavy atom. The van der Waals surface area contributed by atoms with Crippen LogP contribution in [-0.2, 0) is 11.2 Å². The standard InChI is InChI=1S/C24H20F2N2O4/c1-30-22-12-17(14-27)7-9-21(22)31-15-23(29)28-19-8-10-20(32-24(25)26)18(13-19)11-16-5-3-2-4-6-16/h2-10,12-13,24H,11,15H2,1H3,(H,28,29). The van der Waals surface area contributed by atoms with Crippen LogP contribution < -0.4 is 19.5 Å². The van der Waals surface area contributed by atoms with E-state index in [-0.39, 0.29) is 12.4 Å². The number of methoxy groups -OCH3 is 1. The summed E-state index contributed by atoms with van der Waals surface area (Å²) in [4.78, 5) is 12.4. The average molecular weight is 438 g/mol. The molecule has 3 aromatic carbocycles. The molecule has 1 N–H and O–H groups in total. The van der Waals surface area contributed by atoms with Crippen LogP contribution in [0.25, 0.3) is 0 Å². The number of nitrogens with zero attached hydrogens (tertiary/aromatic N) is 1. The van der Waals surface area contributed by atoms with E-state index in [1.54, 1.807) is 18.2 Å². The van der Waals surface area contributed by atoms with Crippen molar-refractivity contribution in [1.29, 1.82) is 5.26 Å². The molecule has 0 aliphatic rings. The number of nitrogens with one attached hydrogen (secondary N) is 1. The van der Waals surface area contributed by atoms with Gasteiger partial charge in [-0.25, -0.2) is 0 Å². The molecule has 0 aliphatic heterocycles. The van der Waals surface area contributed by atoms with Crippen molar-refractivity contribution in [1.82, 2.24) is 0 Å². The van der Waals surface area contributed by atoms with Crippen molar-refractivity contribution in [3.63, 3.8) is 0 Å². The maximum absolute atomic E-state index is 12.8. The molecule has 0 bridgehead atoms. The molecule has 164 valence electrons. The van der Waals surface area contributed by atoms with Gasteiger partial charge in [-0.1, -0.05) is 30.3 Å². The van der Waals surface area contributed by atoms with Crippen molar-refractivity contribution in [2.75, 3.05) is 19.0 Å². The molecule has 0 heterocycles. The zero-order valence-electron chi connectivity index (χ0n) is 17.2. The van der Waals surface area contributed by atoms with Gasteiger partial charge in [-0.15, -0.1) is 0 Å². The summed E-state index contributed by atoms with van der Waals surface area (Å²) in [5.41, 5.74) is 2.23. The van der Waals surface area contributed by atoms with Gasteiger partial charge in [-0.3, -0.25) is 4.79 Å². The SMILES string of the molecule is COc1cc(C#N)ccc1OCC(=O)Nc1ccc(OC(F)F)c(Cc2ccccc2)c1. The Balaban J connectivity index is 1.70. The van der Waals surface area contributed by atoms with Crippen LogP contribution in [0.2, 0.25) is 0 Å². The molecule has 0 unspecified atom stereocenters. The zero-order chi connectivity index (χ0) is 22.9. The number of carbonyl (C=O) groups is 1. The molecule has 0 fully saturated rings. The van der Waals surface area contributed by atoms with Crippen LogP contribution in [0.15, 0.2) is 66.7 Å². The molecule has 0 spiro atoms. The maximum atomic E-state index is 12.8. The van der Waals surface area contributed by atoms with E-state index < -0.39 is 12.5 Å². The molecule has 0 atom stereocenters. The van der Waals surface area contributed by atoms with Gasteiger partial charge in [0.2, 0.25) is 0 Å². The lowest BCUT2D eigenvalue weighted by Gasteiger charge is -2.14. The number of hydrogen-bond acceptors (Lipinski definition) is 5. The van der Waals surface area contributed by atoms with Crippen molar-refractivity contribution in [2.24, 2.45) is 0 Å². The number of anilines is 1. The molecule has 1 amide bonds. The first-order valence-electron chi connectivity index (χ1n) is 9.61. The Bertz CT molecular complexity index is 1110. The molecule has 0 aliphatic carbocycles. The maximum Gasteiger partial charge on any atom is 0.387 e. The lowest BCUT2D eigenvalue weighted by Crippen LogP contribution is -2.20. The Morgan fingerprint density at radius 3 is 2.47 bits per heavy atom. The molecule has 0 saturated carbocycles. The minimum Gasteiger partial charge on any atom is -0.493 e. The highest BCUT2D eigenvalue weighted by molar-refractivity contribution is 5.92. The normalized spacial score (nSPS) is 10.3. The molecule has 3 aromatic rings. The number of rotatable bonds is 9. The molecule has 0 aromatic heterocycles. The van der Waals surface area contributed by atoms with Crippen LogP contribution in [-0.4, -0.2) is 26.2 Å². The first-order chi connectivity index (χ1) is 15.5. The lowest BCUT2D eigenvalue weighted by molar-refractivity contribution is -0.118. The highest BCUT2D eigenvalue weighted by Gasteiger charge is 2.13. The molecule has 3 rings (SSSR count). The van der Waals surface area contributed by atoms with E-state index in [0.717, 1.165) is 5.56 Å². The van der Waals surface area contributed by atoms with Crippen molar-refractivity contribution < 1.29 is 27.8 Å². The summed E-state index contributed by atoms with van der Waals surface area (Å²) < 4.78 is 40.9. The van der Waals surface area contributed by atoms with E-state index in [0.29, 0.717) is 34.7 Å². The molecule has 0 saturated heterocycles. The average Bonchev–Trinajstić information content (AvgIpc) is 2.79. The second-order valence-corrected chi connectivity index (χ2v) is 6.68. The smallest absolute Gasteiger partial charge is 0.387 e. The molecule has 0 radical (unpaired) electrons. The monoisotopic (exact) mass is 438 g/mol. The summed E-state index contributed by atoms with van der Waals surface area (Å²) >= 11 is 0. The fourth-order valence-electron chi connectivity index (χ4n) is 3.02. The summed E-state index contributed by atoms with van der Waals surface area (Å²) in [5.74, 6) is 0.229. The zero-order valence-corrected chi connectivity index (χ0v) is 17.2. The van der Waals surface area contributed by atoms with Gasteiger partial charge in [0.05, 0.1) is 18.7 Å². The number of benzene rings is 3. The van der Waals surface area contributed by atoms with E-state index in [4.69, 9.17) is 14.7 Å². The number of nitriles is 1. The van der Waals surface area contributed by atoms with Crippen LogP contribution >= 0.6 is 0 Å². The summed E-state index contributed by atoms with van der Waals surface area (Å²) in [5, 5.41) is 11.6. The van der Waals surface area contributed by atoms with E-state index in [1.807, 2.05) is 36.4 Å². The number of alkyl halides is 2. The number of halogens is 2. The third kappa shape index (κ3) is 6.19. The van der Waals surface area contributed by atoms with E-state index in [2.05, 4.69) is 10.1 Å². The van der Waals surface area contributed by atoms with Crippen LogP contribution in [0.4, 0.5) is 14.5 Å². The first-order valence-corrected chi connectivity index (χ1v) is 9.61. The van der Waals surface area contributed by atoms with Crippen molar-refractivity contribution in [3.8, 4) is 23.3 Å². The second-order valence-electron chi connectivity index (χ2n) is 6.68. The summed E-state index contributed by atoms with van der Waals surface area (Å²) in [6.45, 7) is -3.27. The minimum absolute atomic E-state index is 0.0421. The van der Waals surface area contributed by atoms with Crippen molar-refractivity contribution in [2.45, 2.75) is 13.0 Å². The highest BCUT2D eigenvalue weighted by Crippen LogP contribution is 2.29. The lowest BCUT2D eigenvalue weighted by atomic mass is 10.0. The number of amides is 1. The van der Waals surface area contributed by atoms with Gasteiger partial charge in [0.15, 0.2) is 18.1 Å². The van der Waals surface area contributed by atoms with E-state index >= 15 is 0 Å². The number of hydrogen-bond donors (Lipinski definition) is 1. The summed E-state index contributed by atoms with van der Waals surface area (Å²) in [7, 11) is 1.43. The Labute approximate surface area is 184 Å². The van der Waals surface area contributed by atoms with Crippen molar-refractivity contribution in [3.05, 3.63) is 83.4 Å². The minimum atomic E-state index is -2.96. The Hall–Kier alpha value is -4.12. The first kappa shape index (κ1) is 22.6. The molecule has 6 nitrogen and oxygen atoms in total. The quantitative estimate of drug-likeness (QED) is 0.520. The Kier molecular flexibility index (Phi) is 7.60. The predicted molar refractivity (Wildman–Crippen MR) is 114 cm³/mol. The number of ether oxygens (including phenoxy) is 3. The van der Waals surface area contributed by atoms with Crippen LogP contribution in [0.3, 0.4) is 0 Å². The van der Waals surface area contributed by atoms with Gasteiger partial charge in [0.25, 0.3) is 5.91 Å². The fraction of sp³-hybridized carbons (Fsp3) is 0.167. The molecular formula is C24H20F2N2O4. The predicted octanol–water partition coefficient (Wildman–Crippen LogP) is 4.78. The topological polar surface area (TPSA) is 80.6 Å². The van der Waals surface area contributed by atoms with Crippen LogP contribution in [0, 0.1) is 11.3 Å². The fourth-order valence-corrected chi connectivity index (χ4v) is 3.02. The number of carbonyl (C=O) groups excluding carboxylic acids is 1. The van der Waals surface area contributed by atoms with E-state index in [9.17, 15) is 13.6 Å². The van der Waals surface area contributed by atoms with Gasteiger partial charge in [-0.2, -0.15) is 14.0 Å². The van der Waals surface area contributed by atoms with Gasteiger partial charge in [0, 0.05) is 23.7 Å². The third-order valence-corrected chi connectivity index (χ3v) is 4.45. The highest BCUT2D eigenvalue weighted by atomic mass is 19.3. The van der Waals surface area contributed by atoms with Crippen LogP contribution in [0.1, 0.15) is 16.7 Å². The van der Waals surface area contributed by atoms with Gasteiger partial charge in [0.1, 0.15) is 5.75 Å². The molecular weight excluding hydrogens is 418 g/mol. The second kappa shape index (κ2) is 10.8. The summed E-state index contributed by atoms with van der Waals surface area (Å²) in [6, 6.07) is 20.4. The summed E-state index contributed by atoms with van der Waals surface area (Å²) in [6.07, 6.45) is 0.353. The van der Waals surface area contributed by atoms with E-state index in [1.165, 1.54) is 25.3 Å². The van der Waals surface area contributed by atoms with Gasteiger partial charge >= 0.3 is 6.61 Å². The molecule has 8 heteroatoms.